The topological polar surface area (TPSA) is 101 Å². The van der Waals surface area contributed by atoms with Crippen LogP contribution in [0.2, 0.25) is 0 Å². The summed E-state index contributed by atoms with van der Waals surface area (Å²) >= 11 is 0. The average Bonchev–Trinajstić information content (AvgIpc) is 3.16. The predicted octanol–water partition coefficient (Wildman–Crippen LogP) is 4.73. The number of hydrogen-bond donors (Lipinski definition) is 1. The van der Waals surface area contributed by atoms with Crippen molar-refractivity contribution in [3.8, 4) is 34.3 Å². The number of carbonyl (C=O) groups is 2. The molecule has 0 bridgehead atoms. The van der Waals surface area contributed by atoms with Crippen molar-refractivity contribution in [1.82, 2.24) is 9.78 Å². The Morgan fingerprint density at radius 1 is 0.946 bits per heavy atom. The number of esters is 1. The summed E-state index contributed by atoms with van der Waals surface area (Å²) in [6, 6.07) is 19.0. The van der Waals surface area contributed by atoms with Crippen molar-refractivity contribution < 1.29 is 28.5 Å². The van der Waals surface area contributed by atoms with Crippen LogP contribution in [-0.2, 0) is 7.05 Å². The van der Waals surface area contributed by atoms with Gasteiger partial charge in [-0.1, -0.05) is 12.1 Å². The number of aryl methyl sites for hydroxylation is 1. The minimum atomic E-state index is -0.555. The molecule has 2 heterocycles. The summed E-state index contributed by atoms with van der Waals surface area (Å²) in [5.74, 6) is 1.23. The number of ether oxygens (including phenoxy) is 4. The molecule has 0 atom stereocenters. The highest BCUT2D eigenvalue weighted by molar-refractivity contribution is 6.06. The summed E-state index contributed by atoms with van der Waals surface area (Å²) in [4.78, 5) is 25.7. The second-order valence-corrected chi connectivity index (χ2v) is 8.35. The van der Waals surface area contributed by atoms with E-state index in [1.165, 1.54) is 7.11 Å². The van der Waals surface area contributed by atoms with Crippen LogP contribution in [-0.4, -0.2) is 42.0 Å². The van der Waals surface area contributed by atoms with Gasteiger partial charge in [0.15, 0.2) is 11.5 Å². The first-order valence-corrected chi connectivity index (χ1v) is 11.7. The number of rotatable bonds is 6. The zero-order valence-electron chi connectivity index (χ0n) is 20.4. The minimum Gasteiger partial charge on any atom is -0.496 e. The Balaban J connectivity index is 1.30. The van der Waals surface area contributed by atoms with Gasteiger partial charge < -0.3 is 24.3 Å². The zero-order valence-corrected chi connectivity index (χ0v) is 20.4. The van der Waals surface area contributed by atoms with Gasteiger partial charge in [-0.15, -0.1) is 0 Å². The van der Waals surface area contributed by atoms with Crippen molar-refractivity contribution in [2.24, 2.45) is 7.05 Å². The summed E-state index contributed by atoms with van der Waals surface area (Å²) in [5.41, 5.74) is 2.46. The van der Waals surface area contributed by atoms with Crippen LogP contribution in [0.3, 0.4) is 0 Å². The fraction of sp³-hybridized carbons (Fsp3) is 0.179. The van der Waals surface area contributed by atoms with E-state index in [1.54, 1.807) is 66.5 Å². The maximum atomic E-state index is 13.1. The summed E-state index contributed by atoms with van der Waals surface area (Å²) in [7, 11) is 3.25. The molecule has 37 heavy (non-hydrogen) atoms. The van der Waals surface area contributed by atoms with Gasteiger partial charge in [0, 0.05) is 30.9 Å². The number of hydrogen-bond acceptors (Lipinski definition) is 7. The monoisotopic (exact) mass is 499 g/mol. The maximum absolute atomic E-state index is 13.1. The molecular weight excluding hydrogens is 474 g/mol. The summed E-state index contributed by atoms with van der Waals surface area (Å²) in [6.07, 6.45) is 2.41. The second kappa shape index (κ2) is 10.4. The Morgan fingerprint density at radius 2 is 1.70 bits per heavy atom. The van der Waals surface area contributed by atoms with Crippen molar-refractivity contribution in [2.75, 3.05) is 25.6 Å². The number of methoxy groups -OCH3 is 1. The van der Waals surface area contributed by atoms with Crippen LogP contribution in [0.25, 0.3) is 11.3 Å². The second-order valence-electron chi connectivity index (χ2n) is 8.35. The molecular formula is C28H25N3O6. The van der Waals surface area contributed by atoms with E-state index in [4.69, 9.17) is 18.9 Å². The number of carbonyl (C=O) groups excluding carboxylic acids is 2. The summed E-state index contributed by atoms with van der Waals surface area (Å²) in [6.45, 7) is 1.15. The van der Waals surface area contributed by atoms with Crippen molar-refractivity contribution in [3.63, 3.8) is 0 Å². The van der Waals surface area contributed by atoms with E-state index in [9.17, 15) is 9.59 Å². The molecule has 4 aromatic rings. The third-order valence-corrected chi connectivity index (χ3v) is 5.74. The van der Waals surface area contributed by atoms with Crippen LogP contribution < -0.4 is 24.3 Å². The smallest absolute Gasteiger partial charge is 0.347 e. The number of para-hydroxylation sites is 1. The molecule has 1 N–H and O–H groups in total. The van der Waals surface area contributed by atoms with Gasteiger partial charge >= 0.3 is 5.97 Å². The average molecular weight is 500 g/mol. The SMILES string of the molecule is COc1ccccc1C(=O)Nc1ccc(OC(=O)c2cn(C)nc2-c2ccc3c(c2)OCCCO3)cc1. The molecule has 0 fully saturated rings. The summed E-state index contributed by atoms with van der Waals surface area (Å²) in [5, 5.41) is 7.28. The van der Waals surface area contributed by atoms with Crippen molar-refractivity contribution in [2.45, 2.75) is 6.42 Å². The molecule has 1 aliphatic heterocycles. The van der Waals surface area contributed by atoms with Gasteiger partial charge in [0.2, 0.25) is 0 Å². The van der Waals surface area contributed by atoms with E-state index >= 15 is 0 Å². The number of nitrogens with zero attached hydrogens (tertiary/aromatic N) is 2. The molecule has 0 saturated heterocycles. The fourth-order valence-electron chi connectivity index (χ4n) is 3.96. The van der Waals surface area contributed by atoms with Gasteiger partial charge in [-0.2, -0.15) is 5.10 Å². The number of aromatic nitrogens is 2. The largest absolute Gasteiger partial charge is 0.496 e. The third kappa shape index (κ3) is 5.25. The van der Waals surface area contributed by atoms with Crippen LogP contribution in [0.4, 0.5) is 5.69 Å². The number of amides is 1. The lowest BCUT2D eigenvalue weighted by atomic mass is 10.1. The van der Waals surface area contributed by atoms with Crippen LogP contribution >= 0.6 is 0 Å². The van der Waals surface area contributed by atoms with E-state index in [1.807, 2.05) is 18.2 Å². The van der Waals surface area contributed by atoms with E-state index < -0.39 is 5.97 Å². The van der Waals surface area contributed by atoms with Gasteiger partial charge in [0.05, 0.1) is 25.9 Å². The van der Waals surface area contributed by atoms with Crippen LogP contribution in [0, 0.1) is 0 Å². The van der Waals surface area contributed by atoms with E-state index in [0.717, 1.165) is 6.42 Å². The molecule has 5 rings (SSSR count). The highest BCUT2D eigenvalue weighted by atomic mass is 16.5. The van der Waals surface area contributed by atoms with E-state index in [0.29, 0.717) is 64.3 Å². The Hall–Kier alpha value is -4.79. The van der Waals surface area contributed by atoms with Gasteiger partial charge in [0.1, 0.15) is 22.8 Å². The maximum Gasteiger partial charge on any atom is 0.347 e. The number of nitrogens with one attached hydrogen (secondary N) is 1. The minimum absolute atomic E-state index is 0.308. The fourth-order valence-corrected chi connectivity index (χ4v) is 3.96. The molecule has 1 amide bonds. The van der Waals surface area contributed by atoms with Crippen molar-refractivity contribution >= 4 is 17.6 Å². The van der Waals surface area contributed by atoms with Gasteiger partial charge in [0.25, 0.3) is 5.91 Å². The lowest BCUT2D eigenvalue weighted by Crippen LogP contribution is -2.13. The molecule has 3 aromatic carbocycles. The quantitative estimate of drug-likeness (QED) is 0.302. The third-order valence-electron chi connectivity index (χ3n) is 5.74. The molecule has 0 aliphatic carbocycles. The first-order valence-electron chi connectivity index (χ1n) is 11.7. The zero-order chi connectivity index (χ0) is 25.8. The van der Waals surface area contributed by atoms with Crippen LogP contribution in [0.15, 0.2) is 72.9 Å². The van der Waals surface area contributed by atoms with E-state index in [2.05, 4.69) is 10.4 Å². The number of benzene rings is 3. The van der Waals surface area contributed by atoms with Gasteiger partial charge in [-0.25, -0.2) is 4.79 Å². The van der Waals surface area contributed by atoms with Gasteiger partial charge in [-0.05, 0) is 54.6 Å². The van der Waals surface area contributed by atoms with E-state index in [-0.39, 0.29) is 5.91 Å². The van der Waals surface area contributed by atoms with Crippen LogP contribution in [0.5, 0.6) is 23.0 Å². The predicted molar refractivity (Wildman–Crippen MR) is 137 cm³/mol. The highest BCUT2D eigenvalue weighted by Crippen LogP contribution is 2.35. The molecule has 1 aliphatic rings. The first kappa shape index (κ1) is 23.9. The standard InChI is InChI=1S/C28H25N3O6/c1-31-17-22(26(30-31)18-8-13-24-25(16-18)36-15-5-14-35-24)28(33)37-20-11-9-19(10-12-20)29-27(32)21-6-3-4-7-23(21)34-2/h3-4,6-13,16-17H,5,14-15H2,1-2H3,(H,29,32). The Labute approximate surface area is 213 Å². The number of anilines is 1. The lowest BCUT2D eigenvalue weighted by Gasteiger charge is -2.10. The van der Waals surface area contributed by atoms with Gasteiger partial charge in [-0.3, -0.25) is 9.48 Å². The molecule has 0 radical (unpaired) electrons. The Morgan fingerprint density at radius 3 is 2.49 bits per heavy atom. The molecule has 0 unspecified atom stereocenters. The first-order chi connectivity index (χ1) is 18.0. The molecule has 0 spiro atoms. The van der Waals surface area contributed by atoms with Crippen molar-refractivity contribution in [1.29, 1.82) is 0 Å². The Kier molecular flexibility index (Phi) is 6.76. The molecule has 0 saturated carbocycles. The molecule has 9 nitrogen and oxygen atoms in total. The molecule has 9 heteroatoms. The van der Waals surface area contributed by atoms with Crippen molar-refractivity contribution in [3.05, 3.63) is 84.1 Å². The van der Waals surface area contributed by atoms with Crippen LogP contribution in [0.1, 0.15) is 27.1 Å². The normalized spacial score (nSPS) is 12.4. The highest BCUT2D eigenvalue weighted by Gasteiger charge is 2.21. The number of fused-ring (bicyclic) bond motifs is 1. The summed E-state index contributed by atoms with van der Waals surface area (Å²) < 4.78 is 23.9. The molecule has 188 valence electrons. The Bertz CT molecular complexity index is 1440. The molecule has 1 aromatic heterocycles. The lowest BCUT2D eigenvalue weighted by molar-refractivity contribution is 0.0735.